The highest BCUT2D eigenvalue weighted by Gasteiger charge is 2.17. The Kier molecular flexibility index (Phi) is 5.65. The molecule has 0 aliphatic carbocycles. The highest BCUT2D eigenvalue weighted by atomic mass is 16.5. The van der Waals surface area contributed by atoms with Gasteiger partial charge in [-0.05, 0) is 104 Å². The van der Waals surface area contributed by atoms with Crippen molar-refractivity contribution in [3.63, 3.8) is 0 Å². The lowest BCUT2D eigenvalue weighted by Crippen LogP contribution is -2.12. The van der Waals surface area contributed by atoms with Gasteiger partial charge >= 0.3 is 0 Å². The molecule has 0 aliphatic rings. The number of ether oxygens (including phenoxy) is 1. The molecule has 0 spiro atoms. The van der Waals surface area contributed by atoms with Crippen molar-refractivity contribution < 1.29 is 20.1 Å². The third-order valence-electron chi connectivity index (χ3n) is 5.35. The third kappa shape index (κ3) is 4.32. The van der Waals surface area contributed by atoms with Crippen LogP contribution in [0.3, 0.4) is 0 Å². The standard InChI is InChI=1S/C27H25NO4/c1-17-4-9-24(16-27(17)31)32-23-10-5-20(6-11-23)28(25-12-7-21(29)14-18(25)2)26-13-8-22(30)15-19(26)3/h4-16,29-31H,1-3H3. The average Bonchev–Trinajstić information content (AvgIpc) is 2.75. The summed E-state index contributed by atoms with van der Waals surface area (Å²) in [7, 11) is 0. The summed E-state index contributed by atoms with van der Waals surface area (Å²) in [4.78, 5) is 2.07. The molecule has 0 radical (unpaired) electrons. The lowest BCUT2D eigenvalue weighted by molar-refractivity contribution is 0.452. The topological polar surface area (TPSA) is 73.2 Å². The number of hydrogen-bond donors (Lipinski definition) is 3. The molecule has 5 nitrogen and oxygen atoms in total. The summed E-state index contributed by atoms with van der Waals surface area (Å²) in [5.41, 5.74) is 5.33. The van der Waals surface area contributed by atoms with E-state index in [0.29, 0.717) is 11.5 Å². The van der Waals surface area contributed by atoms with Crippen LogP contribution in [-0.2, 0) is 0 Å². The first-order chi connectivity index (χ1) is 15.3. The van der Waals surface area contributed by atoms with Crippen LogP contribution in [0.1, 0.15) is 16.7 Å². The van der Waals surface area contributed by atoms with Crippen LogP contribution in [-0.4, -0.2) is 15.3 Å². The Morgan fingerprint density at radius 1 is 0.562 bits per heavy atom. The van der Waals surface area contributed by atoms with E-state index in [2.05, 4.69) is 4.90 Å². The summed E-state index contributed by atoms with van der Waals surface area (Å²) in [5, 5.41) is 29.7. The number of rotatable bonds is 5. The first kappa shape index (κ1) is 21.1. The molecule has 0 saturated heterocycles. The van der Waals surface area contributed by atoms with E-state index in [4.69, 9.17) is 4.74 Å². The Hall–Kier alpha value is -4.12. The van der Waals surface area contributed by atoms with Crippen molar-refractivity contribution in [3.8, 4) is 28.7 Å². The lowest BCUT2D eigenvalue weighted by atomic mass is 10.1. The Labute approximate surface area is 187 Å². The molecule has 0 saturated carbocycles. The highest BCUT2D eigenvalue weighted by Crippen LogP contribution is 2.40. The minimum atomic E-state index is 0.191. The average molecular weight is 428 g/mol. The molecule has 4 aromatic rings. The fourth-order valence-electron chi connectivity index (χ4n) is 3.64. The van der Waals surface area contributed by atoms with Gasteiger partial charge in [-0.25, -0.2) is 0 Å². The van der Waals surface area contributed by atoms with Gasteiger partial charge in [0.25, 0.3) is 0 Å². The number of phenolic OH excluding ortho intramolecular Hbond substituents is 3. The minimum absolute atomic E-state index is 0.191. The molecule has 0 unspecified atom stereocenters. The summed E-state index contributed by atoms with van der Waals surface area (Å²) < 4.78 is 5.89. The fraction of sp³-hybridized carbons (Fsp3) is 0.111. The number of hydrogen-bond acceptors (Lipinski definition) is 5. The summed E-state index contributed by atoms with van der Waals surface area (Å²) in [5.74, 6) is 1.80. The number of anilines is 3. The summed E-state index contributed by atoms with van der Waals surface area (Å²) >= 11 is 0. The second-order valence-electron chi connectivity index (χ2n) is 7.82. The Bertz CT molecular complexity index is 1210. The van der Waals surface area contributed by atoms with Crippen LogP contribution in [0.2, 0.25) is 0 Å². The van der Waals surface area contributed by atoms with Crippen LogP contribution >= 0.6 is 0 Å². The van der Waals surface area contributed by atoms with Gasteiger partial charge in [-0.1, -0.05) is 6.07 Å². The molecular weight excluding hydrogens is 402 g/mol. The maximum Gasteiger partial charge on any atom is 0.131 e. The molecule has 5 heteroatoms. The molecule has 0 heterocycles. The number of phenols is 3. The van der Waals surface area contributed by atoms with Crippen LogP contribution in [0.5, 0.6) is 28.7 Å². The fourth-order valence-corrected chi connectivity index (χ4v) is 3.64. The molecular formula is C27H25NO4. The Morgan fingerprint density at radius 2 is 1.09 bits per heavy atom. The van der Waals surface area contributed by atoms with Gasteiger partial charge in [0.1, 0.15) is 28.7 Å². The molecule has 32 heavy (non-hydrogen) atoms. The zero-order chi connectivity index (χ0) is 22.8. The third-order valence-corrected chi connectivity index (χ3v) is 5.35. The summed E-state index contributed by atoms with van der Waals surface area (Å²) in [6, 6.07) is 23.3. The predicted octanol–water partition coefficient (Wildman–Crippen LogP) is 6.99. The highest BCUT2D eigenvalue weighted by molar-refractivity contribution is 5.80. The number of benzene rings is 4. The van der Waals surface area contributed by atoms with E-state index >= 15 is 0 Å². The van der Waals surface area contributed by atoms with Crippen LogP contribution in [0.4, 0.5) is 17.1 Å². The molecule has 0 fully saturated rings. The summed E-state index contributed by atoms with van der Waals surface area (Å²) in [6.07, 6.45) is 0. The largest absolute Gasteiger partial charge is 0.508 e. The van der Waals surface area contributed by atoms with Crippen LogP contribution in [0.25, 0.3) is 0 Å². The van der Waals surface area contributed by atoms with E-state index in [1.54, 1.807) is 30.3 Å². The molecule has 0 atom stereocenters. The van der Waals surface area contributed by atoms with Gasteiger partial charge in [0.2, 0.25) is 0 Å². The van der Waals surface area contributed by atoms with Gasteiger partial charge in [0.05, 0.1) is 0 Å². The number of aromatic hydroxyl groups is 3. The molecule has 0 aromatic heterocycles. The maximum atomic E-state index is 9.92. The normalized spacial score (nSPS) is 10.7. The van der Waals surface area contributed by atoms with E-state index in [0.717, 1.165) is 33.8 Å². The van der Waals surface area contributed by atoms with Crippen LogP contribution in [0, 0.1) is 20.8 Å². The van der Waals surface area contributed by atoms with Crippen LogP contribution < -0.4 is 9.64 Å². The predicted molar refractivity (Wildman–Crippen MR) is 127 cm³/mol. The second-order valence-corrected chi connectivity index (χ2v) is 7.82. The molecule has 0 bridgehead atoms. The maximum absolute atomic E-state index is 9.92. The van der Waals surface area contributed by atoms with E-state index in [9.17, 15) is 15.3 Å². The molecule has 4 rings (SSSR count). The monoisotopic (exact) mass is 427 g/mol. The zero-order valence-electron chi connectivity index (χ0n) is 18.2. The SMILES string of the molecule is Cc1ccc(Oc2ccc(N(c3ccc(O)cc3C)c3ccc(O)cc3C)cc2)cc1O. The van der Waals surface area contributed by atoms with E-state index in [1.807, 2.05) is 69.3 Å². The molecule has 3 N–H and O–H groups in total. The Morgan fingerprint density at radius 3 is 1.59 bits per heavy atom. The van der Waals surface area contributed by atoms with Gasteiger partial charge in [0.15, 0.2) is 0 Å². The van der Waals surface area contributed by atoms with Crippen molar-refractivity contribution in [1.29, 1.82) is 0 Å². The zero-order valence-corrected chi connectivity index (χ0v) is 18.2. The molecule has 0 amide bonds. The van der Waals surface area contributed by atoms with Crippen molar-refractivity contribution in [2.75, 3.05) is 4.90 Å². The van der Waals surface area contributed by atoms with Crippen molar-refractivity contribution in [3.05, 3.63) is 95.6 Å². The van der Waals surface area contributed by atoms with Gasteiger partial charge in [-0.2, -0.15) is 0 Å². The molecule has 162 valence electrons. The van der Waals surface area contributed by atoms with Crippen molar-refractivity contribution in [2.45, 2.75) is 20.8 Å². The smallest absolute Gasteiger partial charge is 0.131 e. The van der Waals surface area contributed by atoms with Gasteiger partial charge in [0, 0.05) is 23.1 Å². The number of aryl methyl sites for hydroxylation is 3. The van der Waals surface area contributed by atoms with E-state index in [-0.39, 0.29) is 17.2 Å². The molecule has 4 aromatic carbocycles. The van der Waals surface area contributed by atoms with Crippen molar-refractivity contribution in [2.24, 2.45) is 0 Å². The first-order valence-electron chi connectivity index (χ1n) is 10.3. The summed E-state index contributed by atoms with van der Waals surface area (Å²) in [6.45, 7) is 5.72. The number of nitrogens with zero attached hydrogens (tertiary/aromatic N) is 1. The van der Waals surface area contributed by atoms with Gasteiger partial charge in [-0.15, -0.1) is 0 Å². The second kappa shape index (κ2) is 8.55. The quantitative estimate of drug-likeness (QED) is 0.320. The van der Waals surface area contributed by atoms with E-state index in [1.165, 1.54) is 0 Å². The molecule has 0 aliphatic heterocycles. The van der Waals surface area contributed by atoms with E-state index < -0.39 is 0 Å². The lowest BCUT2D eigenvalue weighted by Gasteiger charge is -2.28. The van der Waals surface area contributed by atoms with Gasteiger partial charge < -0.3 is 25.0 Å². The Balaban J connectivity index is 1.73. The van der Waals surface area contributed by atoms with Crippen molar-refractivity contribution in [1.82, 2.24) is 0 Å². The minimum Gasteiger partial charge on any atom is -0.508 e. The van der Waals surface area contributed by atoms with Gasteiger partial charge in [-0.3, -0.25) is 0 Å². The van der Waals surface area contributed by atoms with Crippen molar-refractivity contribution >= 4 is 17.1 Å². The van der Waals surface area contributed by atoms with Crippen LogP contribution in [0.15, 0.2) is 78.9 Å². The first-order valence-corrected chi connectivity index (χ1v) is 10.3.